The van der Waals surface area contributed by atoms with Gasteiger partial charge in [-0.2, -0.15) is 0 Å². The zero-order valence-corrected chi connectivity index (χ0v) is 17.0. The summed E-state index contributed by atoms with van der Waals surface area (Å²) in [6.07, 6.45) is 2.08. The zero-order valence-electron chi connectivity index (χ0n) is 17.0. The van der Waals surface area contributed by atoms with Crippen LogP contribution in [0.3, 0.4) is 0 Å². The van der Waals surface area contributed by atoms with Crippen LogP contribution in [0.15, 0.2) is 59.6 Å². The lowest BCUT2D eigenvalue weighted by Gasteiger charge is -2.13. The van der Waals surface area contributed by atoms with Gasteiger partial charge in [0.25, 0.3) is 5.91 Å². The highest BCUT2D eigenvalue weighted by Crippen LogP contribution is 2.46. The summed E-state index contributed by atoms with van der Waals surface area (Å²) in [4.78, 5) is 18.0. The Morgan fingerprint density at radius 1 is 1.11 bits per heavy atom. The Morgan fingerprint density at radius 2 is 1.89 bits per heavy atom. The molecule has 2 unspecified atom stereocenters. The second kappa shape index (κ2) is 9.40. The quantitative estimate of drug-likeness (QED) is 0.575. The maximum absolute atomic E-state index is 12.1. The second-order valence-electron chi connectivity index (χ2n) is 7.54. The van der Waals surface area contributed by atoms with Crippen LogP contribution in [0.5, 0.6) is 0 Å². The number of guanidine groups is 1. The molecule has 5 nitrogen and oxygen atoms in total. The van der Waals surface area contributed by atoms with E-state index in [9.17, 15) is 4.79 Å². The lowest BCUT2D eigenvalue weighted by molar-refractivity contribution is 0.0827. The van der Waals surface area contributed by atoms with Crippen molar-refractivity contribution in [3.05, 3.63) is 71.3 Å². The van der Waals surface area contributed by atoms with Gasteiger partial charge >= 0.3 is 0 Å². The monoisotopic (exact) mass is 378 g/mol. The summed E-state index contributed by atoms with van der Waals surface area (Å²) in [5, 5.41) is 6.81. The first-order chi connectivity index (χ1) is 13.6. The van der Waals surface area contributed by atoms with Gasteiger partial charge < -0.3 is 15.5 Å². The normalized spacial score (nSPS) is 18.5. The van der Waals surface area contributed by atoms with Gasteiger partial charge in [0, 0.05) is 39.8 Å². The molecule has 0 spiro atoms. The predicted molar refractivity (Wildman–Crippen MR) is 115 cm³/mol. The van der Waals surface area contributed by atoms with E-state index < -0.39 is 0 Å². The van der Waals surface area contributed by atoms with E-state index >= 15 is 0 Å². The average Bonchev–Trinajstić information content (AvgIpc) is 3.50. The minimum atomic E-state index is 0.0321. The van der Waals surface area contributed by atoms with Crippen LogP contribution >= 0.6 is 0 Å². The molecule has 5 heteroatoms. The fourth-order valence-corrected chi connectivity index (χ4v) is 3.47. The molecule has 0 aliphatic heterocycles. The van der Waals surface area contributed by atoms with E-state index in [4.69, 9.17) is 0 Å². The highest BCUT2D eigenvalue weighted by atomic mass is 16.2. The Morgan fingerprint density at radius 3 is 2.61 bits per heavy atom. The standard InChI is InChI=1S/C23H30N4O/c1-24-23(26-16-20-15-21(20)18-9-5-4-6-10-18)25-13-12-17-8-7-11-19(14-17)22(28)27(2)3/h4-11,14,20-21H,12-13,15-16H2,1-3H3,(H2,24,25,26). The topological polar surface area (TPSA) is 56.7 Å². The minimum absolute atomic E-state index is 0.0321. The van der Waals surface area contributed by atoms with Crippen molar-refractivity contribution in [3.8, 4) is 0 Å². The van der Waals surface area contributed by atoms with Crippen molar-refractivity contribution >= 4 is 11.9 Å². The number of aliphatic imine (C=N–C) groups is 1. The number of benzene rings is 2. The Kier molecular flexibility index (Phi) is 6.69. The number of carbonyl (C=O) groups is 1. The number of hydrogen-bond donors (Lipinski definition) is 2. The van der Waals surface area contributed by atoms with E-state index in [2.05, 4.69) is 52.0 Å². The maximum atomic E-state index is 12.1. The summed E-state index contributed by atoms with van der Waals surface area (Å²) in [5.74, 6) is 2.21. The molecule has 2 aromatic carbocycles. The lowest BCUT2D eigenvalue weighted by Crippen LogP contribution is -2.39. The van der Waals surface area contributed by atoms with Crippen molar-refractivity contribution in [1.29, 1.82) is 0 Å². The Hall–Kier alpha value is -2.82. The molecular formula is C23H30N4O. The van der Waals surface area contributed by atoms with Gasteiger partial charge in [0.05, 0.1) is 0 Å². The Labute approximate surface area is 167 Å². The molecular weight excluding hydrogens is 348 g/mol. The molecule has 0 bridgehead atoms. The molecule has 148 valence electrons. The maximum Gasteiger partial charge on any atom is 0.253 e. The summed E-state index contributed by atoms with van der Waals surface area (Å²) in [7, 11) is 5.34. The average molecular weight is 379 g/mol. The SMILES string of the molecule is CN=C(NCCc1cccc(C(=O)N(C)C)c1)NCC1CC1c1ccccc1. The zero-order chi connectivity index (χ0) is 19.9. The van der Waals surface area contributed by atoms with Crippen LogP contribution in [0.2, 0.25) is 0 Å². The lowest BCUT2D eigenvalue weighted by atomic mass is 10.1. The first kappa shape index (κ1) is 19.9. The van der Waals surface area contributed by atoms with Gasteiger partial charge in [0.1, 0.15) is 0 Å². The molecule has 2 aromatic rings. The van der Waals surface area contributed by atoms with Gasteiger partial charge in [-0.05, 0) is 47.9 Å². The van der Waals surface area contributed by atoms with Crippen molar-refractivity contribution in [2.24, 2.45) is 10.9 Å². The molecule has 0 saturated heterocycles. The first-order valence-electron chi connectivity index (χ1n) is 9.88. The third kappa shape index (κ3) is 5.35. The molecule has 1 aliphatic rings. The molecule has 2 N–H and O–H groups in total. The van der Waals surface area contributed by atoms with Crippen molar-refractivity contribution in [1.82, 2.24) is 15.5 Å². The molecule has 1 fully saturated rings. The summed E-state index contributed by atoms with van der Waals surface area (Å²) in [6, 6.07) is 18.5. The van der Waals surface area contributed by atoms with Crippen LogP contribution in [0.25, 0.3) is 0 Å². The largest absolute Gasteiger partial charge is 0.356 e. The van der Waals surface area contributed by atoms with Crippen LogP contribution < -0.4 is 10.6 Å². The summed E-state index contributed by atoms with van der Waals surface area (Å²) < 4.78 is 0. The molecule has 2 atom stereocenters. The van der Waals surface area contributed by atoms with Crippen LogP contribution in [-0.4, -0.2) is 51.0 Å². The number of nitrogens with zero attached hydrogens (tertiary/aromatic N) is 2. The van der Waals surface area contributed by atoms with E-state index in [0.717, 1.165) is 36.6 Å². The van der Waals surface area contributed by atoms with Gasteiger partial charge in [-0.3, -0.25) is 9.79 Å². The van der Waals surface area contributed by atoms with Crippen LogP contribution in [-0.2, 0) is 6.42 Å². The molecule has 28 heavy (non-hydrogen) atoms. The third-order valence-corrected chi connectivity index (χ3v) is 5.19. The first-order valence-corrected chi connectivity index (χ1v) is 9.88. The van der Waals surface area contributed by atoms with Crippen molar-refractivity contribution in [3.63, 3.8) is 0 Å². The number of nitrogens with one attached hydrogen (secondary N) is 2. The molecule has 1 saturated carbocycles. The fraction of sp³-hybridized carbons (Fsp3) is 0.391. The number of amides is 1. The summed E-state index contributed by atoms with van der Waals surface area (Å²) in [5.41, 5.74) is 3.30. The molecule has 0 heterocycles. The van der Waals surface area contributed by atoms with Gasteiger partial charge in [-0.1, -0.05) is 42.5 Å². The number of carbonyl (C=O) groups excluding carboxylic acids is 1. The smallest absolute Gasteiger partial charge is 0.253 e. The number of rotatable bonds is 7. The van der Waals surface area contributed by atoms with E-state index in [1.807, 2.05) is 18.2 Å². The van der Waals surface area contributed by atoms with Crippen LogP contribution in [0.4, 0.5) is 0 Å². The highest BCUT2D eigenvalue weighted by Gasteiger charge is 2.37. The summed E-state index contributed by atoms with van der Waals surface area (Å²) in [6.45, 7) is 1.71. The van der Waals surface area contributed by atoms with E-state index in [-0.39, 0.29) is 5.91 Å². The third-order valence-electron chi connectivity index (χ3n) is 5.19. The van der Waals surface area contributed by atoms with Crippen molar-refractivity contribution < 1.29 is 4.79 Å². The Balaban J connectivity index is 1.42. The van der Waals surface area contributed by atoms with E-state index in [0.29, 0.717) is 11.8 Å². The molecule has 3 rings (SSSR count). The number of hydrogen-bond acceptors (Lipinski definition) is 2. The molecule has 1 aliphatic carbocycles. The fourth-order valence-electron chi connectivity index (χ4n) is 3.47. The van der Waals surface area contributed by atoms with E-state index in [1.54, 1.807) is 26.0 Å². The summed E-state index contributed by atoms with van der Waals surface area (Å²) >= 11 is 0. The molecule has 0 radical (unpaired) electrons. The predicted octanol–water partition coefficient (Wildman–Crippen LogP) is 2.90. The van der Waals surface area contributed by atoms with E-state index in [1.165, 1.54) is 12.0 Å². The second-order valence-corrected chi connectivity index (χ2v) is 7.54. The van der Waals surface area contributed by atoms with Crippen molar-refractivity contribution in [2.45, 2.75) is 18.8 Å². The molecule has 1 amide bonds. The van der Waals surface area contributed by atoms with Gasteiger partial charge in [0.2, 0.25) is 0 Å². The Bertz CT molecular complexity index is 816. The van der Waals surface area contributed by atoms with Crippen molar-refractivity contribution in [2.75, 3.05) is 34.2 Å². The van der Waals surface area contributed by atoms with Gasteiger partial charge in [-0.15, -0.1) is 0 Å². The highest BCUT2D eigenvalue weighted by molar-refractivity contribution is 5.94. The van der Waals surface area contributed by atoms with Crippen LogP contribution in [0.1, 0.15) is 33.8 Å². The van der Waals surface area contributed by atoms with Crippen LogP contribution in [0, 0.1) is 5.92 Å². The van der Waals surface area contributed by atoms with Gasteiger partial charge in [0.15, 0.2) is 5.96 Å². The molecule has 0 aromatic heterocycles. The van der Waals surface area contributed by atoms with Gasteiger partial charge in [-0.25, -0.2) is 0 Å². The minimum Gasteiger partial charge on any atom is -0.356 e.